The lowest BCUT2D eigenvalue weighted by Gasteiger charge is -2.06. The fourth-order valence-electron chi connectivity index (χ4n) is 3.77. The highest BCUT2D eigenvalue weighted by molar-refractivity contribution is 6.32. The van der Waals surface area contributed by atoms with Crippen molar-refractivity contribution < 1.29 is 4.74 Å². The van der Waals surface area contributed by atoms with Gasteiger partial charge < -0.3 is 9.72 Å². The van der Waals surface area contributed by atoms with Gasteiger partial charge in [-0.3, -0.25) is 4.79 Å². The number of H-pyrrole nitrogens is 1. The number of benzene rings is 3. The molecule has 0 saturated carbocycles. The number of ether oxygens (including phenoxy) is 1. The van der Waals surface area contributed by atoms with Crippen molar-refractivity contribution in [2.45, 2.75) is 0 Å². The number of fused-ring (bicyclic) bond motifs is 1. The summed E-state index contributed by atoms with van der Waals surface area (Å²) in [6.07, 6.45) is 3.48. The van der Waals surface area contributed by atoms with Crippen LogP contribution in [0.5, 0.6) is 5.75 Å². The fraction of sp³-hybridized carbons (Fsp3) is 0.0370. The maximum Gasteiger partial charge on any atom is 0.259 e. The highest BCUT2D eigenvalue weighted by atomic mass is 35.5. The third-order valence-electron chi connectivity index (χ3n) is 5.48. The summed E-state index contributed by atoms with van der Waals surface area (Å²) in [5.74, 6) is 0.730. The van der Waals surface area contributed by atoms with Gasteiger partial charge in [-0.25, -0.2) is 9.67 Å². The largest absolute Gasteiger partial charge is 0.495 e. The third-order valence-corrected chi connectivity index (χ3v) is 5.77. The Hall–Kier alpha value is -4.67. The predicted molar refractivity (Wildman–Crippen MR) is 136 cm³/mol. The van der Waals surface area contributed by atoms with Crippen LogP contribution in [0, 0.1) is 11.3 Å². The Balaban J connectivity index is 1.69. The van der Waals surface area contributed by atoms with E-state index in [2.05, 4.69) is 16.0 Å². The van der Waals surface area contributed by atoms with E-state index in [9.17, 15) is 10.1 Å². The molecule has 0 aliphatic rings. The minimum Gasteiger partial charge on any atom is -0.495 e. The molecule has 0 fully saturated rings. The van der Waals surface area contributed by atoms with E-state index in [4.69, 9.17) is 21.4 Å². The summed E-state index contributed by atoms with van der Waals surface area (Å²) < 4.78 is 7.00. The first-order chi connectivity index (χ1) is 17.1. The van der Waals surface area contributed by atoms with E-state index >= 15 is 0 Å². The predicted octanol–water partition coefficient (Wildman–Crippen LogP) is 5.50. The van der Waals surface area contributed by atoms with E-state index in [1.165, 1.54) is 0 Å². The first-order valence-corrected chi connectivity index (χ1v) is 11.1. The molecule has 0 bridgehead atoms. The lowest BCUT2D eigenvalue weighted by atomic mass is 10.1. The molecule has 2 heterocycles. The van der Waals surface area contributed by atoms with Gasteiger partial charge in [0.25, 0.3) is 5.56 Å². The summed E-state index contributed by atoms with van der Waals surface area (Å²) >= 11 is 6.38. The summed E-state index contributed by atoms with van der Waals surface area (Å²) in [6.45, 7) is 0. The van der Waals surface area contributed by atoms with Crippen LogP contribution >= 0.6 is 11.6 Å². The summed E-state index contributed by atoms with van der Waals surface area (Å²) in [7, 11) is 1.55. The molecule has 0 aliphatic carbocycles. The molecule has 0 unspecified atom stereocenters. The Morgan fingerprint density at radius 1 is 1.11 bits per heavy atom. The van der Waals surface area contributed by atoms with Crippen molar-refractivity contribution in [1.29, 1.82) is 5.26 Å². The van der Waals surface area contributed by atoms with Gasteiger partial charge in [-0.2, -0.15) is 10.4 Å². The summed E-state index contributed by atoms with van der Waals surface area (Å²) in [4.78, 5) is 19.8. The van der Waals surface area contributed by atoms with Gasteiger partial charge in [-0.15, -0.1) is 0 Å². The van der Waals surface area contributed by atoms with Crippen LogP contribution in [0.15, 0.2) is 83.8 Å². The van der Waals surface area contributed by atoms with E-state index in [0.717, 1.165) is 11.3 Å². The Morgan fingerprint density at radius 3 is 2.63 bits per heavy atom. The second-order valence-corrected chi connectivity index (χ2v) is 8.07. The van der Waals surface area contributed by atoms with Crippen molar-refractivity contribution in [3.63, 3.8) is 0 Å². The SMILES string of the molecule is COc1ccc(-c2nn(-c3ccccc3)cc2C=C(C#N)c2nc3ccccc3c(=O)[nH]2)cc1Cl. The Labute approximate surface area is 205 Å². The van der Waals surface area contributed by atoms with Crippen LogP contribution in [-0.4, -0.2) is 26.9 Å². The minimum atomic E-state index is -0.311. The van der Waals surface area contributed by atoms with Crippen LogP contribution < -0.4 is 10.3 Å². The van der Waals surface area contributed by atoms with E-state index < -0.39 is 0 Å². The van der Waals surface area contributed by atoms with Crippen LogP contribution in [0.4, 0.5) is 0 Å². The van der Waals surface area contributed by atoms with E-state index in [-0.39, 0.29) is 17.0 Å². The van der Waals surface area contributed by atoms with Crippen LogP contribution in [-0.2, 0) is 0 Å². The number of allylic oxidation sites excluding steroid dienone is 1. The Kier molecular flexibility index (Phi) is 5.88. The molecule has 0 amide bonds. The molecule has 2 aromatic heterocycles. The molecular formula is C27H18ClN5O2. The molecule has 1 N–H and O–H groups in total. The number of aromatic amines is 1. The van der Waals surface area contributed by atoms with Gasteiger partial charge in [-0.1, -0.05) is 41.9 Å². The molecule has 0 radical (unpaired) electrons. The number of para-hydroxylation sites is 2. The molecule has 0 atom stereocenters. The number of aromatic nitrogens is 4. The molecule has 7 nitrogen and oxygen atoms in total. The Morgan fingerprint density at radius 2 is 1.89 bits per heavy atom. The second-order valence-electron chi connectivity index (χ2n) is 7.66. The first-order valence-electron chi connectivity index (χ1n) is 10.7. The zero-order valence-corrected chi connectivity index (χ0v) is 19.3. The average Bonchev–Trinajstić information content (AvgIpc) is 3.31. The number of rotatable bonds is 5. The van der Waals surface area contributed by atoms with Gasteiger partial charge in [0, 0.05) is 17.3 Å². The van der Waals surface area contributed by atoms with E-state index in [0.29, 0.717) is 32.9 Å². The second kappa shape index (κ2) is 9.29. The number of nitrogens with zero attached hydrogens (tertiary/aromatic N) is 4. The molecule has 5 aromatic rings. The maximum absolute atomic E-state index is 12.6. The standard InChI is InChI=1S/C27H18ClN5O2/c1-35-24-12-11-17(14-22(24)28)25-19(16-33(32-25)20-7-3-2-4-8-20)13-18(15-29)26-30-23-10-6-5-9-21(23)27(34)31-26/h2-14,16H,1H3,(H,30,31,34). The lowest BCUT2D eigenvalue weighted by Crippen LogP contribution is -2.11. The van der Waals surface area contributed by atoms with Crippen LogP contribution in [0.3, 0.4) is 0 Å². The highest BCUT2D eigenvalue weighted by Gasteiger charge is 2.16. The van der Waals surface area contributed by atoms with Crippen molar-refractivity contribution in [2.24, 2.45) is 0 Å². The third kappa shape index (κ3) is 4.31. The van der Waals surface area contributed by atoms with Gasteiger partial charge in [0.2, 0.25) is 0 Å². The zero-order valence-electron chi connectivity index (χ0n) is 18.6. The van der Waals surface area contributed by atoms with Crippen LogP contribution in [0.2, 0.25) is 5.02 Å². The van der Waals surface area contributed by atoms with Crippen LogP contribution in [0.1, 0.15) is 11.4 Å². The number of halogens is 1. The summed E-state index contributed by atoms with van der Waals surface area (Å²) in [5, 5.41) is 15.6. The smallest absolute Gasteiger partial charge is 0.259 e. The van der Waals surface area contributed by atoms with E-state index in [1.54, 1.807) is 54.3 Å². The number of hydrogen-bond donors (Lipinski definition) is 1. The molecule has 5 rings (SSSR count). The number of nitriles is 1. The van der Waals surface area contributed by atoms with Crippen molar-refractivity contribution in [3.8, 4) is 28.8 Å². The van der Waals surface area contributed by atoms with Gasteiger partial charge in [0.05, 0.1) is 34.3 Å². The van der Waals surface area contributed by atoms with Gasteiger partial charge in [0.15, 0.2) is 5.82 Å². The maximum atomic E-state index is 12.6. The minimum absolute atomic E-state index is 0.183. The highest BCUT2D eigenvalue weighted by Crippen LogP contribution is 2.33. The quantitative estimate of drug-likeness (QED) is 0.335. The van der Waals surface area contributed by atoms with Crippen molar-refractivity contribution >= 4 is 34.2 Å². The summed E-state index contributed by atoms with van der Waals surface area (Å²) in [5.41, 5.74) is 3.25. The molecule has 0 saturated heterocycles. The van der Waals surface area contributed by atoms with Crippen molar-refractivity contribution in [1.82, 2.24) is 19.7 Å². The molecule has 170 valence electrons. The van der Waals surface area contributed by atoms with Crippen molar-refractivity contribution in [3.05, 3.63) is 106 Å². The zero-order chi connectivity index (χ0) is 24.4. The van der Waals surface area contributed by atoms with Crippen molar-refractivity contribution in [2.75, 3.05) is 7.11 Å². The van der Waals surface area contributed by atoms with Crippen LogP contribution in [0.25, 0.3) is 39.5 Å². The monoisotopic (exact) mass is 479 g/mol. The Bertz CT molecular complexity index is 1680. The molecular weight excluding hydrogens is 462 g/mol. The van der Waals surface area contributed by atoms with Gasteiger partial charge in [-0.05, 0) is 48.5 Å². The molecule has 8 heteroatoms. The topological polar surface area (TPSA) is 96.6 Å². The summed E-state index contributed by atoms with van der Waals surface area (Å²) in [6, 6.07) is 24.1. The number of methoxy groups -OCH3 is 1. The normalized spacial score (nSPS) is 11.4. The molecule has 0 aliphatic heterocycles. The lowest BCUT2D eigenvalue weighted by molar-refractivity contribution is 0.415. The van der Waals surface area contributed by atoms with Gasteiger partial charge >= 0.3 is 0 Å². The number of hydrogen-bond acceptors (Lipinski definition) is 5. The average molecular weight is 480 g/mol. The molecule has 3 aromatic carbocycles. The molecule has 0 spiro atoms. The molecule has 35 heavy (non-hydrogen) atoms. The first kappa shape index (κ1) is 22.1. The number of nitrogens with one attached hydrogen (secondary N) is 1. The fourth-order valence-corrected chi connectivity index (χ4v) is 4.02. The van der Waals surface area contributed by atoms with Gasteiger partial charge in [0.1, 0.15) is 17.5 Å². The van der Waals surface area contributed by atoms with E-state index in [1.807, 2.05) is 42.6 Å².